The number of aromatic nitrogens is 7. The van der Waals surface area contributed by atoms with Gasteiger partial charge in [-0.15, -0.1) is 0 Å². The molecule has 278 valence electrons. The van der Waals surface area contributed by atoms with Crippen molar-refractivity contribution in [2.75, 3.05) is 0 Å². The van der Waals surface area contributed by atoms with Crippen LogP contribution in [0.2, 0.25) is 0 Å². The number of fused-ring (bicyclic) bond motifs is 3. The molecule has 3 aromatic carbocycles. The SMILES string of the molecule is Brc1ccc2c(c1)CN=C2.CCc1cccc(-n2cc3ccc(Br)cc3n2)n1.CCc1cccc(-n2ncc3ccc(Br)cc32)n1.CCc1cccc(Br)n1. The average Bonchev–Trinajstić information content (AvgIpc) is 3.97. The zero-order valence-electron chi connectivity index (χ0n) is 30.5. The molecule has 6 heterocycles. The van der Waals surface area contributed by atoms with Crippen molar-refractivity contribution >= 4 is 91.7 Å². The normalized spacial score (nSPS) is 11.3. The molecule has 0 saturated carbocycles. The minimum Gasteiger partial charge on any atom is -0.288 e. The highest BCUT2D eigenvalue weighted by molar-refractivity contribution is 9.11. The van der Waals surface area contributed by atoms with Gasteiger partial charge in [-0.1, -0.05) is 105 Å². The number of halogens is 4. The quantitative estimate of drug-likeness (QED) is 0.160. The summed E-state index contributed by atoms with van der Waals surface area (Å²) in [6, 6.07) is 36.4. The van der Waals surface area contributed by atoms with E-state index in [0.717, 1.165) is 94.4 Å². The number of rotatable bonds is 5. The molecule has 55 heavy (non-hydrogen) atoms. The van der Waals surface area contributed by atoms with Crippen LogP contribution in [0.25, 0.3) is 33.4 Å². The third-order valence-electron chi connectivity index (χ3n) is 8.49. The Morgan fingerprint density at radius 1 is 0.600 bits per heavy atom. The van der Waals surface area contributed by atoms with Gasteiger partial charge in [0.15, 0.2) is 11.6 Å². The molecule has 0 aliphatic carbocycles. The summed E-state index contributed by atoms with van der Waals surface area (Å²) in [4.78, 5) is 17.5. The molecule has 9 rings (SSSR count). The summed E-state index contributed by atoms with van der Waals surface area (Å²) in [6.07, 6.45) is 8.64. The van der Waals surface area contributed by atoms with Crippen LogP contribution < -0.4 is 0 Å². The van der Waals surface area contributed by atoms with Crippen LogP contribution in [-0.4, -0.2) is 40.7 Å². The lowest BCUT2D eigenvalue weighted by Crippen LogP contribution is -2.01. The maximum atomic E-state index is 4.60. The van der Waals surface area contributed by atoms with Gasteiger partial charge >= 0.3 is 0 Å². The monoisotopic (exact) mass is 982 g/mol. The smallest absolute Gasteiger partial charge is 0.154 e. The van der Waals surface area contributed by atoms with Crippen molar-refractivity contribution in [3.63, 3.8) is 0 Å². The molecule has 0 amide bonds. The van der Waals surface area contributed by atoms with E-state index in [4.69, 9.17) is 0 Å². The van der Waals surface area contributed by atoms with Gasteiger partial charge in [0.1, 0.15) is 4.60 Å². The number of aliphatic imine (C=N–C) groups is 1. The Balaban J connectivity index is 0.000000130. The van der Waals surface area contributed by atoms with Crippen molar-refractivity contribution in [1.82, 2.24) is 34.5 Å². The molecule has 0 spiro atoms. The molecular weight excluding hydrogens is 948 g/mol. The molecule has 5 aromatic heterocycles. The van der Waals surface area contributed by atoms with E-state index in [9.17, 15) is 0 Å². The van der Waals surface area contributed by atoms with Crippen LogP contribution in [0.15, 0.2) is 145 Å². The van der Waals surface area contributed by atoms with Crippen LogP contribution in [0.4, 0.5) is 0 Å². The highest BCUT2D eigenvalue weighted by Crippen LogP contribution is 2.23. The molecule has 0 unspecified atom stereocenters. The molecule has 8 aromatic rings. The van der Waals surface area contributed by atoms with Crippen molar-refractivity contribution in [1.29, 1.82) is 0 Å². The second-order valence-electron chi connectivity index (χ2n) is 12.3. The summed E-state index contributed by atoms with van der Waals surface area (Å²) in [6.45, 7) is 7.14. The first-order chi connectivity index (χ1) is 26.7. The summed E-state index contributed by atoms with van der Waals surface area (Å²) in [7, 11) is 0. The van der Waals surface area contributed by atoms with Crippen molar-refractivity contribution in [3.8, 4) is 11.6 Å². The van der Waals surface area contributed by atoms with E-state index in [1.54, 1.807) is 0 Å². The van der Waals surface area contributed by atoms with E-state index in [2.05, 4.69) is 133 Å². The fourth-order valence-electron chi connectivity index (χ4n) is 5.58. The molecule has 1 aliphatic rings. The van der Waals surface area contributed by atoms with Crippen molar-refractivity contribution in [3.05, 3.63) is 168 Å². The highest BCUT2D eigenvalue weighted by Gasteiger charge is 2.08. The topological polar surface area (TPSA) is 86.7 Å². The minimum absolute atomic E-state index is 0.842. The van der Waals surface area contributed by atoms with Crippen molar-refractivity contribution < 1.29 is 0 Å². The molecule has 12 heteroatoms. The van der Waals surface area contributed by atoms with Gasteiger partial charge < -0.3 is 0 Å². The Kier molecular flexibility index (Phi) is 14.3. The second-order valence-corrected chi connectivity index (χ2v) is 15.9. The van der Waals surface area contributed by atoms with E-state index in [0.29, 0.717) is 0 Å². The Hall–Kier alpha value is -4.36. The maximum absolute atomic E-state index is 4.60. The Morgan fingerprint density at radius 2 is 1.20 bits per heavy atom. The van der Waals surface area contributed by atoms with E-state index in [-0.39, 0.29) is 0 Å². The van der Waals surface area contributed by atoms with Crippen LogP contribution in [0.1, 0.15) is 49.0 Å². The molecule has 1 aliphatic heterocycles. The lowest BCUT2D eigenvalue weighted by Gasteiger charge is -2.04. The zero-order chi connectivity index (χ0) is 38.7. The fourth-order valence-corrected chi connectivity index (χ4v) is 7.07. The third-order valence-corrected chi connectivity index (χ3v) is 10.4. The highest BCUT2D eigenvalue weighted by atomic mass is 79.9. The molecule has 0 radical (unpaired) electrons. The maximum Gasteiger partial charge on any atom is 0.154 e. The summed E-state index contributed by atoms with van der Waals surface area (Å²) < 4.78 is 7.84. The van der Waals surface area contributed by atoms with Crippen LogP contribution in [0.5, 0.6) is 0 Å². The average molecular weight is 986 g/mol. The van der Waals surface area contributed by atoms with Gasteiger partial charge in [0.05, 0.1) is 23.8 Å². The van der Waals surface area contributed by atoms with Crippen LogP contribution in [0.3, 0.4) is 0 Å². The van der Waals surface area contributed by atoms with Gasteiger partial charge in [-0.05, 0) is 119 Å². The van der Waals surface area contributed by atoms with Crippen LogP contribution in [0, 0.1) is 0 Å². The minimum atomic E-state index is 0.842. The summed E-state index contributed by atoms with van der Waals surface area (Å²) in [5.41, 5.74) is 7.87. The van der Waals surface area contributed by atoms with Crippen LogP contribution in [-0.2, 0) is 25.8 Å². The van der Waals surface area contributed by atoms with Crippen molar-refractivity contribution in [2.24, 2.45) is 4.99 Å². The lowest BCUT2D eigenvalue weighted by atomic mass is 10.1. The summed E-state index contributed by atoms with van der Waals surface area (Å²) in [5, 5.41) is 11.2. The standard InChI is InChI=1S/2C14H12BrN3.C8H6BrN.C7H8BrN/c1-2-12-4-3-5-14(16-12)18-9-10-6-7-11(15)8-13(10)17-18;1-2-12-4-3-5-14(17-12)18-13-8-11(15)7-6-10(13)9-16-18;9-8-2-1-6-4-10-5-7(6)3-8;1-2-6-4-3-5-7(8)9-6/h2*3-9H,2H2,1H3;1-4H,5H2;3-5H,2H2,1H3. The van der Waals surface area contributed by atoms with Gasteiger partial charge in [0.2, 0.25) is 0 Å². The van der Waals surface area contributed by atoms with Gasteiger partial charge in [-0.3, -0.25) is 4.99 Å². The largest absolute Gasteiger partial charge is 0.288 e. The Labute approximate surface area is 354 Å². The van der Waals surface area contributed by atoms with Gasteiger partial charge in [-0.25, -0.2) is 24.3 Å². The number of benzene rings is 3. The predicted molar refractivity (Wildman–Crippen MR) is 239 cm³/mol. The second kappa shape index (κ2) is 19.5. The van der Waals surface area contributed by atoms with E-state index < -0.39 is 0 Å². The molecule has 0 N–H and O–H groups in total. The van der Waals surface area contributed by atoms with Crippen LogP contribution >= 0.6 is 63.7 Å². The number of nitrogens with zero attached hydrogens (tertiary/aromatic N) is 8. The molecular formula is C43H38Br4N8. The van der Waals surface area contributed by atoms with E-state index >= 15 is 0 Å². The number of pyridine rings is 3. The number of hydrogen-bond donors (Lipinski definition) is 0. The van der Waals surface area contributed by atoms with Gasteiger partial charge in [0, 0.05) is 53.7 Å². The van der Waals surface area contributed by atoms with E-state index in [1.165, 1.54) is 11.1 Å². The molecule has 0 fully saturated rings. The molecule has 0 atom stereocenters. The first-order valence-electron chi connectivity index (χ1n) is 17.8. The predicted octanol–water partition coefficient (Wildman–Crippen LogP) is 12.3. The number of aryl methyl sites for hydroxylation is 3. The zero-order valence-corrected chi connectivity index (χ0v) is 36.9. The fraction of sp³-hybridized carbons (Fsp3) is 0.163. The van der Waals surface area contributed by atoms with Gasteiger partial charge in [-0.2, -0.15) is 10.2 Å². The third kappa shape index (κ3) is 10.9. The van der Waals surface area contributed by atoms with Crippen molar-refractivity contribution in [2.45, 2.75) is 46.6 Å². The molecule has 8 nitrogen and oxygen atoms in total. The Morgan fingerprint density at radius 3 is 1.89 bits per heavy atom. The summed E-state index contributed by atoms with van der Waals surface area (Å²) >= 11 is 13.6. The summed E-state index contributed by atoms with van der Waals surface area (Å²) in [5.74, 6) is 1.73. The first kappa shape index (κ1) is 40.3. The lowest BCUT2D eigenvalue weighted by molar-refractivity contribution is 0.844. The molecule has 0 bridgehead atoms. The van der Waals surface area contributed by atoms with Gasteiger partial charge in [0.25, 0.3) is 0 Å². The number of hydrogen-bond acceptors (Lipinski definition) is 6. The molecule has 0 saturated heterocycles. The first-order valence-corrected chi connectivity index (χ1v) is 21.0. The Bertz CT molecular complexity index is 2560. The van der Waals surface area contributed by atoms with E-state index in [1.807, 2.05) is 119 Å².